The zero-order valence-corrected chi connectivity index (χ0v) is 13.5. The van der Waals surface area contributed by atoms with Gasteiger partial charge >= 0.3 is 0 Å². The van der Waals surface area contributed by atoms with Gasteiger partial charge in [-0.1, -0.05) is 23.7 Å². The molecule has 124 valence electrons. The number of hydrogen-bond acceptors (Lipinski definition) is 5. The molecule has 0 spiro atoms. The van der Waals surface area contributed by atoms with Crippen molar-refractivity contribution in [1.82, 2.24) is 0 Å². The number of carbonyl (C=O) groups excluding carboxylic acids is 1. The molecule has 7 heteroatoms. The molecule has 0 aromatic heterocycles. The van der Waals surface area contributed by atoms with E-state index in [1.165, 1.54) is 0 Å². The van der Waals surface area contributed by atoms with Gasteiger partial charge in [0.2, 0.25) is 5.43 Å². The predicted molar refractivity (Wildman–Crippen MR) is 95.6 cm³/mol. The maximum absolute atomic E-state index is 12.1. The number of ether oxygens (including phenoxy) is 1. The highest BCUT2D eigenvalue weighted by molar-refractivity contribution is 6.30. The summed E-state index contributed by atoms with van der Waals surface area (Å²) in [6, 6.07) is 11.8. The zero-order valence-electron chi connectivity index (χ0n) is 12.8. The molecular weight excluding hydrogens is 344 g/mol. The van der Waals surface area contributed by atoms with Crippen molar-refractivity contribution < 1.29 is 9.53 Å². The van der Waals surface area contributed by atoms with E-state index in [0.29, 0.717) is 27.7 Å². The molecule has 0 saturated heterocycles. The molecule has 0 radical (unpaired) electrons. The molecule has 25 heavy (non-hydrogen) atoms. The number of nitrogens with one attached hydrogen (secondary N) is 2. The molecule has 0 bridgehead atoms. The fourth-order valence-electron chi connectivity index (χ4n) is 2.73. The predicted octanol–water partition coefficient (Wildman–Crippen LogP) is 2.68. The lowest BCUT2D eigenvalue weighted by molar-refractivity contribution is -0.118. The lowest BCUT2D eigenvalue weighted by Gasteiger charge is -2.19. The summed E-state index contributed by atoms with van der Waals surface area (Å²) in [5.74, 6) is 0.219. The second-order valence-electron chi connectivity index (χ2n) is 5.59. The third-order valence-corrected chi connectivity index (χ3v) is 4.14. The second-order valence-corrected chi connectivity index (χ2v) is 6.03. The molecule has 2 N–H and O–H groups in total. The molecule has 1 aliphatic heterocycles. The normalized spacial score (nSPS) is 13.1. The Morgan fingerprint density at radius 3 is 2.68 bits per heavy atom. The first-order chi connectivity index (χ1) is 12.0. The molecule has 4 rings (SSSR count). The van der Waals surface area contributed by atoms with Crippen molar-refractivity contribution in [3.05, 3.63) is 67.9 Å². The zero-order chi connectivity index (χ0) is 17.6. The van der Waals surface area contributed by atoms with E-state index in [0.717, 1.165) is 0 Å². The van der Waals surface area contributed by atoms with Crippen LogP contribution in [0, 0.1) is 0 Å². The van der Waals surface area contributed by atoms with Crippen LogP contribution in [0.5, 0.6) is 5.75 Å². The van der Waals surface area contributed by atoms with Gasteiger partial charge in [-0.25, -0.2) is 0 Å². The Morgan fingerprint density at radius 1 is 1.04 bits per heavy atom. The number of rotatable bonds is 3. The average Bonchev–Trinajstić information content (AvgIpc) is 2.61. The number of amides is 1. The van der Waals surface area contributed by atoms with Gasteiger partial charge in [-0.05, 0) is 35.9 Å². The van der Waals surface area contributed by atoms with Gasteiger partial charge in [0.05, 0.1) is 11.3 Å². The van der Waals surface area contributed by atoms with Gasteiger partial charge in [0, 0.05) is 10.7 Å². The number of carbonyl (C=O) groups is 1. The average molecular weight is 355 g/mol. The van der Waals surface area contributed by atoms with E-state index >= 15 is 0 Å². The SMILES string of the molecule is O=C1COc2cc(-c3c(Nc4cccc(Cl)c4)c(=O)c3=O)ccc2N1. The van der Waals surface area contributed by atoms with Crippen LogP contribution in [0.25, 0.3) is 11.1 Å². The van der Waals surface area contributed by atoms with Crippen LogP contribution in [0.3, 0.4) is 0 Å². The van der Waals surface area contributed by atoms with E-state index in [2.05, 4.69) is 10.6 Å². The Bertz CT molecular complexity index is 1080. The second kappa shape index (κ2) is 5.75. The third kappa shape index (κ3) is 2.66. The summed E-state index contributed by atoms with van der Waals surface area (Å²) in [5, 5.41) is 6.14. The number of hydrogen-bond donors (Lipinski definition) is 2. The lowest BCUT2D eigenvalue weighted by Crippen LogP contribution is -2.35. The Morgan fingerprint density at radius 2 is 1.88 bits per heavy atom. The Balaban J connectivity index is 1.72. The Kier molecular flexibility index (Phi) is 3.54. The highest BCUT2D eigenvalue weighted by Gasteiger charge is 2.24. The molecular formula is C18H11ClN2O4. The van der Waals surface area contributed by atoms with Crippen molar-refractivity contribution in [3.63, 3.8) is 0 Å². The van der Waals surface area contributed by atoms with Crippen LogP contribution >= 0.6 is 11.6 Å². The molecule has 1 heterocycles. The van der Waals surface area contributed by atoms with Crippen LogP contribution in [0.1, 0.15) is 0 Å². The van der Waals surface area contributed by atoms with E-state index in [1.54, 1.807) is 42.5 Å². The topological polar surface area (TPSA) is 84.5 Å². The highest BCUT2D eigenvalue weighted by atomic mass is 35.5. The van der Waals surface area contributed by atoms with Crippen LogP contribution < -0.4 is 26.2 Å². The molecule has 0 fully saturated rings. The first-order valence-corrected chi connectivity index (χ1v) is 7.84. The van der Waals surface area contributed by atoms with E-state index in [9.17, 15) is 14.4 Å². The minimum Gasteiger partial charge on any atom is -0.482 e. The summed E-state index contributed by atoms with van der Waals surface area (Å²) >= 11 is 5.94. The molecule has 3 aromatic carbocycles. The van der Waals surface area contributed by atoms with E-state index in [1.807, 2.05) is 0 Å². The van der Waals surface area contributed by atoms with Crippen molar-refractivity contribution in [2.24, 2.45) is 0 Å². The van der Waals surface area contributed by atoms with Crippen molar-refractivity contribution in [1.29, 1.82) is 0 Å². The van der Waals surface area contributed by atoms with Crippen molar-refractivity contribution in [3.8, 4) is 16.9 Å². The summed E-state index contributed by atoms with van der Waals surface area (Å²) in [4.78, 5) is 35.4. The van der Waals surface area contributed by atoms with Gasteiger partial charge in [0.15, 0.2) is 6.61 Å². The molecule has 3 aromatic rings. The van der Waals surface area contributed by atoms with E-state index in [4.69, 9.17) is 16.3 Å². The molecule has 0 saturated carbocycles. The first-order valence-electron chi connectivity index (χ1n) is 7.46. The lowest BCUT2D eigenvalue weighted by atomic mass is 9.97. The Hall–Kier alpha value is -3.12. The maximum atomic E-state index is 12.1. The molecule has 1 amide bonds. The fraction of sp³-hybridized carbons (Fsp3) is 0.0556. The summed E-state index contributed by atoms with van der Waals surface area (Å²) in [5.41, 5.74) is 1.04. The van der Waals surface area contributed by atoms with Crippen molar-refractivity contribution in [2.45, 2.75) is 0 Å². The largest absolute Gasteiger partial charge is 0.482 e. The van der Waals surface area contributed by atoms with E-state index < -0.39 is 10.9 Å². The summed E-state index contributed by atoms with van der Waals surface area (Å²) in [6.07, 6.45) is 0. The van der Waals surface area contributed by atoms with Crippen LogP contribution in [0.2, 0.25) is 5.02 Å². The van der Waals surface area contributed by atoms with Crippen LogP contribution in [0.15, 0.2) is 52.1 Å². The van der Waals surface area contributed by atoms with Crippen LogP contribution in [-0.4, -0.2) is 12.5 Å². The number of anilines is 3. The maximum Gasteiger partial charge on any atom is 0.262 e. The monoisotopic (exact) mass is 354 g/mol. The van der Waals surface area contributed by atoms with Gasteiger partial charge in [-0.3, -0.25) is 14.4 Å². The fourth-order valence-corrected chi connectivity index (χ4v) is 2.92. The summed E-state index contributed by atoms with van der Waals surface area (Å²) in [6.45, 7) is -0.0873. The number of fused-ring (bicyclic) bond motifs is 1. The summed E-state index contributed by atoms with van der Waals surface area (Å²) in [7, 11) is 0. The van der Waals surface area contributed by atoms with Crippen LogP contribution in [-0.2, 0) is 4.79 Å². The number of halogens is 1. The third-order valence-electron chi connectivity index (χ3n) is 3.91. The quantitative estimate of drug-likeness (QED) is 0.706. The van der Waals surface area contributed by atoms with Gasteiger partial charge < -0.3 is 15.4 Å². The molecule has 0 unspecified atom stereocenters. The van der Waals surface area contributed by atoms with Crippen LogP contribution in [0.4, 0.5) is 17.1 Å². The number of benzene rings is 2. The van der Waals surface area contributed by atoms with Crippen molar-refractivity contribution in [2.75, 3.05) is 17.2 Å². The Labute approximate surface area is 146 Å². The molecule has 1 aliphatic rings. The minimum absolute atomic E-state index is 0.0873. The van der Waals surface area contributed by atoms with Gasteiger partial charge in [0.25, 0.3) is 11.3 Å². The molecule has 0 atom stereocenters. The van der Waals surface area contributed by atoms with Gasteiger partial charge in [0.1, 0.15) is 11.4 Å². The standard InChI is InChI=1S/C18H11ClN2O4/c19-10-2-1-3-11(7-10)20-16-15(17(23)18(16)24)9-4-5-12-13(6-9)25-8-14(22)21-12/h1-7,20H,8H2,(H,21,22). The van der Waals surface area contributed by atoms with Crippen molar-refractivity contribution >= 4 is 34.6 Å². The van der Waals surface area contributed by atoms with Gasteiger partial charge in [-0.2, -0.15) is 0 Å². The smallest absolute Gasteiger partial charge is 0.262 e. The van der Waals surface area contributed by atoms with Gasteiger partial charge in [-0.15, -0.1) is 0 Å². The molecule has 6 nitrogen and oxygen atoms in total. The first kappa shape index (κ1) is 15.4. The van der Waals surface area contributed by atoms with E-state index in [-0.39, 0.29) is 23.8 Å². The minimum atomic E-state index is -0.582. The molecule has 0 aliphatic carbocycles. The highest BCUT2D eigenvalue weighted by Crippen LogP contribution is 2.34. The summed E-state index contributed by atoms with van der Waals surface area (Å²) < 4.78 is 5.36.